The molecule has 0 amide bonds. The van der Waals surface area contributed by atoms with E-state index in [-0.39, 0.29) is 23.7 Å². The van der Waals surface area contributed by atoms with E-state index in [0.717, 1.165) is 0 Å². The zero-order chi connectivity index (χ0) is 15.6. The number of rotatable bonds is 2. The summed E-state index contributed by atoms with van der Waals surface area (Å²) in [5.41, 5.74) is 0.730. The Kier molecular flexibility index (Phi) is 3.37. The van der Waals surface area contributed by atoms with Gasteiger partial charge in [0.15, 0.2) is 0 Å². The third-order valence-electron chi connectivity index (χ3n) is 4.75. The molecule has 0 atom stereocenters. The minimum atomic E-state index is -0.287. The number of hydrogen-bond donors (Lipinski definition) is 0. The van der Waals surface area contributed by atoms with Crippen LogP contribution >= 0.6 is 11.3 Å². The Hall–Kier alpha value is -0.385. The molecule has 1 saturated carbocycles. The summed E-state index contributed by atoms with van der Waals surface area (Å²) in [5, 5.41) is 1.19. The summed E-state index contributed by atoms with van der Waals surface area (Å²) in [5.74, 6) is 0.617. The summed E-state index contributed by atoms with van der Waals surface area (Å²) in [7, 11) is -0.265. The highest BCUT2D eigenvalue weighted by molar-refractivity contribution is 7.22. The lowest BCUT2D eigenvalue weighted by molar-refractivity contribution is 0.00578. The summed E-state index contributed by atoms with van der Waals surface area (Å²) < 4.78 is 13.7. The van der Waals surface area contributed by atoms with Crippen molar-refractivity contribution in [3.63, 3.8) is 0 Å². The van der Waals surface area contributed by atoms with Crippen molar-refractivity contribution in [3.05, 3.63) is 10.7 Å². The quantitative estimate of drug-likeness (QED) is 0.782. The van der Waals surface area contributed by atoms with Gasteiger partial charge in [0, 0.05) is 11.3 Å². The van der Waals surface area contributed by atoms with Crippen LogP contribution in [-0.4, -0.2) is 23.3 Å². The molecule has 2 fully saturated rings. The summed E-state index contributed by atoms with van der Waals surface area (Å²) >= 11 is 1.77. The number of hydrogen-bond acceptors (Lipinski definition) is 4. The van der Waals surface area contributed by atoms with E-state index in [1.165, 1.54) is 28.3 Å². The van der Waals surface area contributed by atoms with Gasteiger partial charge in [0.2, 0.25) is 0 Å². The maximum Gasteiger partial charge on any atom is 0.507 e. The zero-order valence-electron chi connectivity index (χ0n) is 14.2. The Morgan fingerprint density at radius 3 is 2.05 bits per heavy atom. The molecule has 5 heteroatoms. The van der Waals surface area contributed by atoms with Gasteiger partial charge in [-0.2, -0.15) is 0 Å². The molecule has 2 heterocycles. The second-order valence-corrected chi connectivity index (χ2v) is 9.41. The van der Waals surface area contributed by atoms with Crippen molar-refractivity contribution in [2.75, 3.05) is 0 Å². The van der Waals surface area contributed by atoms with Crippen LogP contribution in [-0.2, 0) is 14.7 Å². The Morgan fingerprint density at radius 2 is 1.62 bits per heavy atom. The Labute approximate surface area is 132 Å². The predicted molar refractivity (Wildman–Crippen MR) is 88.5 cm³/mol. The molecule has 1 saturated heterocycles. The van der Waals surface area contributed by atoms with Crippen LogP contribution in [0.2, 0.25) is 0 Å². The SMILES string of the molecule is CC(C)(C)c1nc(C2CC2)c(B2OC(C)(C)C(C)(C)O2)s1. The van der Waals surface area contributed by atoms with Gasteiger partial charge in [0.1, 0.15) is 0 Å². The van der Waals surface area contributed by atoms with Crippen LogP contribution in [0.5, 0.6) is 0 Å². The Bertz CT molecular complexity index is 539. The first-order valence-electron chi connectivity index (χ1n) is 7.88. The molecule has 0 spiro atoms. The topological polar surface area (TPSA) is 31.4 Å². The second-order valence-electron chi connectivity index (χ2n) is 8.38. The molecule has 0 radical (unpaired) electrons. The molecule has 2 aliphatic rings. The van der Waals surface area contributed by atoms with Crippen molar-refractivity contribution in [2.24, 2.45) is 0 Å². The molecular weight excluding hydrogens is 281 g/mol. The third kappa shape index (κ3) is 2.68. The van der Waals surface area contributed by atoms with Gasteiger partial charge in [-0.15, -0.1) is 11.3 Å². The molecule has 0 aromatic carbocycles. The van der Waals surface area contributed by atoms with E-state index in [1.807, 2.05) is 0 Å². The van der Waals surface area contributed by atoms with Gasteiger partial charge in [-0.25, -0.2) is 4.98 Å². The van der Waals surface area contributed by atoms with Gasteiger partial charge in [-0.1, -0.05) is 20.8 Å². The molecule has 1 aromatic heterocycles. The van der Waals surface area contributed by atoms with Crippen LogP contribution in [0.1, 0.15) is 77.9 Å². The van der Waals surface area contributed by atoms with Crippen LogP contribution in [0, 0.1) is 0 Å². The van der Waals surface area contributed by atoms with Crippen molar-refractivity contribution >= 4 is 23.2 Å². The fourth-order valence-electron chi connectivity index (χ4n) is 2.43. The van der Waals surface area contributed by atoms with E-state index in [4.69, 9.17) is 14.3 Å². The lowest BCUT2D eigenvalue weighted by atomic mass is 9.85. The van der Waals surface area contributed by atoms with Crippen molar-refractivity contribution in [3.8, 4) is 0 Å². The van der Waals surface area contributed by atoms with Crippen molar-refractivity contribution < 1.29 is 9.31 Å². The van der Waals surface area contributed by atoms with Gasteiger partial charge in [0.25, 0.3) is 0 Å². The molecule has 1 aliphatic heterocycles. The number of nitrogens with zero attached hydrogens (tertiary/aromatic N) is 1. The minimum Gasteiger partial charge on any atom is -0.399 e. The van der Waals surface area contributed by atoms with Crippen LogP contribution in [0.4, 0.5) is 0 Å². The first-order chi connectivity index (χ1) is 9.51. The Balaban J connectivity index is 1.97. The Morgan fingerprint density at radius 1 is 1.10 bits per heavy atom. The van der Waals surface area contributed by atoms with Gasteiger partial charge in [0.05, 0.1) is 26.7 Å². The first kappa shape index (κ1) is 15.5. The molecule has 1 aromatic rings. The van der Waals surface area contributed by atoms with Gasteiger partial charge >= 0.3 is 7.12 Å². The number of thiazole rings is 1. The predicted octanol–water partition coefficient (Wildman–Crippen LogP) is 3.62. The number of aromatic nitrogens is 1. The van der Waals surface area contributed by atoms with Crippen LogP contribution < -0.4 is 4.78 Å². The molecule has 116 valence electrons. The average molecular weight is 307 g/mol. The third-order valence-corrected chi connectivity index (χ3v) is 6.27. The lowest BCUT2D eigenvalue weighted by Gasteiger charge is -2.32. The monoisotopic (exact) mass is 307 g/mol. The normalized spacial score (nSPS) is 24.6. The van der Waals surface area contributed by atoms with Crippen LogP contribution in [0.3, 0.4) is 0 Å². The van der Waals surface area contributed by atoms with Crippen LogP contribution in [0.15, 0.2) is 0 Å². The molecule has 0 unspecified atom stereocenters. The van der Waals surface area contributed by atoms with E-state index >= 15 is 0 Å². The first-order valence-corrected chi connectivity index (χ1v) is 8.70. The molecular formula is C16H26BNO2S. The van der Waals surface area contributed by atoms with E-state index in [0.29, 0.717) is 5.92 Å². The molecule has 0 N–H and O–H groups in total. The second kappa shape index (κ2) is 4.56. The fraction of sp³-hybridized carbons (Fsp3) is 0.812. The van der Waals surface area contributed by atoms with Crippen molar-refractivity contribution in [1.29, 1.82) is 0 Å². The zero-order valence-corrected chi connectivity index (χ0v) is 15.1. The highest BCUT2D eigenvalue weighted by Crippen LogP contribution is 2.43. The largest absolute Gasteiger partial charge is 0.507 e. The lowest BCUT2D eigenvalue weighted by Crippen LogP contribution is -2.41. The summed E-state index contributed by atoms with van der Waals surface area (Å²) in [6, 6.07) is 0. The van der Waals surface area contributed by atoms with E-state index in [2.05, 4.69) is 48.5 Å². The summed E-state index contributed by atoms with van der Waals surface area (Å²) in [6.45, 7) is 15.1. The van der Waals surface area contributed by atoms with Gasteiger partial charge in [-0.05, 0) is 40.5 Å². The van der Waals surface area contributed by atoms with Crippen molar-refractivity contribution in [1.82, 2.24) is 4.98 Å². The highest BCUT2D eigenvalue weighted by Gasteiger charge is 2.54. The molecule has 3 rings (SSSR count). The van der Waals surface area contributed by atoms with Crippen LogP contribution in [0.25, 0.3) is 0 Å². The molecule has 0 bridgehead atoms. The molecule has 3 nitrogen and oxygen atoms in total. The molecule has 1 aliphatic carbocycles. The summed E-state index contributed by atoms with van der Waals surface area (Å²) in [4.78, 5) is 4.94. The van der Waals surface area contributed by atoms with E-state index in [9.17, 15) is 0 Å². The molecule has 21 heavy (non-hydrogen) atoms. The van der Waals surface area contributed by atoms with E-state index in [1.54, 1.807) is 11.3 Å². The standard InChI is InChI=1S/C16H26BNO2S/c1-14(2,3)13-18-11(10-8-9-10)12(21-13)17-19-15(4,5)16(6,7)20-17/h10H,8-9H2,1-7H3. The average Bonchev–Trinajstić information content (AvgIpc) is 2.99. The summed E-state index contributed by atoms with van der Waals surface area (Å²) in [6.07, 6.45) is 2.50. The van der Waals surface area contributed by atoms with E-state index < -0.39 is 0 Å². The highest BCUT2D eigenvalue weighted by atomic mass is 32.1. The van der Waals surface area contributed by atoms with Crippen molar-refractivity contribution in [2.45, 2.75) is 83.8 Å². The fourth-order valence-corrected chi connectivity index (χ4v) is 3.60. The smallest absolute Gasteiger partial charge is 0.399 e. The van der Waals surface area contributed by atoms with Gasteiger partial charge in [-0.3, -0.25) is 0 Å². The van der Waals surface area contributed by atoms with Gasteiger partial charge < -0.3 is 9.31 Å². The minimum absolute atomic E-state index is 0.0796. The maximum absolute atomic E-state index is 6.24. The maximum atomic E-state index is 6.24.